The molecular weight excluding hydrogens is 300 g/mol. The number of rotatable bonds is 3. The third-order valence-electron chi connectivity index (χ3n) is 4.46. The Morgan fingerprint density at radius 1 is 1.60 bits per heavy atom. The van der Waals surface area contributed by atoms with E-state index < -0.39 is 21.4 Å². The number of carboxylic acids is 1. The molecule has 0 aromatic carbocycles. The summed E-state index contributed by atoms with van der Waals surface area (Å²) in [7, 11) is -3.61. The molecule has 8 heteroatoms. The van der Waals surface area contributed by atoms with Gasteiger partial charge in [0.15, 0.2) is 4.21 Å². The van der Waals surface area contributed by atoms with Gasteiger partial charge in [0.05, 0.1) is 16.6 Å². The molecule has 2 fully saturated rings. The minimum absolute atomic E-state index is 0.0659. The third-order valence-corrected chi connectivity index (χ3v) is 7.62. The van der Waals surface area contributed by atoms with Crippen LogP contribution in [-0.2, 0) is 14.8 Å². The number of aromatic nitrogens is 1. The van der Waals surface area contributed by atoms with Crippen LogP contribution < -0.4 is 0 Å². The van der Waals surface area contributed by atoms with Gasteiger partial charge in [-0.25, -0.2) is 13.4 Å². The Kier molecular flexibility index (Phi) is 3.15. The Balaban J connectivity index is 1.92. The van der Waals surface area contributed by atoms with Crippen molar-refractivity contribution in [1.82, 2.24) is 9.29 Å². The maximum atomic E-state index is 12.5. The van der Waals surface area contributed by atoms with Gasteiger partial charge < -0.3 is 5.11 Å². The third kappa shape index (κ3) is 1.89. The lowest BCUT2D eigenvalue weighted by Crippen LogP contribution is -2.37. The van der Waals surface area contributed by atoms with Crippen molar-refractivity contribution in [2.24, 2.45) is 11.3 Å². The van der Waals surface area contributed by atoms with Gasteiger partial charge in [-0.2, -0.15) is 4.31 Å². The Labute approximate surface area is 121 Å². The van der Waals surface area contributed by atoms with Crippen LogP contribution in [0.3, 0.4) is 0 Å². The summed E-state index contributed by atoms with van der Waals surface area (Å²) in [5, 5.41) is 10.2. The van der Waals surface area contributed by atoms with Crippen molar-refractivity contribution in [3.05, 3.63) is 11.2 Å². The van der Waals surface area contributed by atoms with Gasteiger partial charge in [0.25, 0.3) is 10.0 Å². The zero-order valence-electron chi connectivity index (χ0n) is 11.1. The molecule has 2 heterocycles. The van der Waals surface area contributed by atoms with E-state index in [4.69, 9.17) is 0 Å². The van der Waals surface area contributed by atoms with E-state index in [1.54, 1.807) is 6.92 Å². The predicted octanol–water partition coefficient (Wildman–Crippen LogP) is 1.33. The minimum Gasteiger partial charge on any atom is -0.481 e. The van der Waals surface area contributed by atoms with Crippen LogP contribution in [0.4, 0.5) is 0 Å². The summed E-state index contributed by atoms with van der Waals surface area (Å²) >= 11 is 1.13. The van der Waals surface area contributed by atoms with Crippen LogP contribution in [-0.4, -0.2) is 41.9 Å². The van der Waals surface area contributed by atoms with E-state index in [-0.39, 0.29) is 16.7 Å². The van der Waals surface area contributed by atoms with Gasteiger partial charge >= 0.3 is 5.97 Å². The molecular formula is C12H16N2O4S2. The van der Waals surface area contributed by atoms with E-state index >= 15 is 0 Å². The molecule has 0 radical (unpaired) electrons. The van der Waals surface area contributed by atoms with Crippen LogP contribution in [0.25, 0.3) is 0 Å². The molecule has 110 valence electrons. The van der Waals surface area contributed by atoms with Gasteiger partial charge in [0.2, 0.25) is 0 Å². The van der Waals surface area contributed by atoms with Gasteiger partial charge in [-0.15, -0.1) is 11.3 Å². The highest BCUT2D eigenvalue weighted by Gasteiger charge is 2.57. The van der Waals surface area contributed by atoms with Crippen LogP contribution in [0.2, 0.25) is 0 Å². The fourth-order valence-electron chi connectivity index (χ4n) is 3.36. The first-order valence-electron chi connectivity index (χ1n) is 6.52. The lowest BCUT2D eigenvalue weighted by molar-refractivity contribution is -0.149. The second kappa shape index (κ2) is 4.51. The van der Waals surface area contributed by atoms with Crippen molar-refractivity contribution in [1.29, 1.82) is 0 Å². The number of nitrogens with zero attached hydrogens (tertiary/aromatic N) is 2. The number of thiazole rings is 1. The van der Waals surface area contributed by atoms with E-state index in [9.17, 15) is 18.3 Å². The summed E-state index contributed by atoms with van der Waals surface area (Å²) in [4.78, 5) is 15.6. The van der Waals surface area contributed by atoms with E-state index in [0.717, 1.165) is 24.2 Å². The molecule has 1 saturated carbocycles. The van der Waals surface area contributed by atoms with Gasteiger partial charge in [-0.1, -0.05) is 6.42 Å². The fourth-order valence-corrected chi connectivity index (χ4v) is 6.18. The maximum Gasteiger partial charge on any atom is 0.311 e. The first kappa shape index (κ1) is 14.0. The molecule has 0 amide bonds. The quantitative estimate of drug-likeness (QED) is 0.909. The molecule has 1 aromatic rings. The Morgan fingerprint density at radius 2 is 2.35 bits per heavy atom. The Bertz CT molecular complexity index is 654. The molecule has 0 bridgehead atoms. The number of fused-ring (bicyclic) bond motifs is 1. The molecule has 2 atom stereocenters. The lowest BCUT2D eigenvalue weighted by Gasteiger charge is -2.23. The molecule has 3 rings (SSSR count). The highest BCUT2D eigenvalue weighted by Crippen LogP contribution is 2.50. The van der Waals surface area contributed by atoms with Crippen molar-refractivity contribution in [2.45, 2.75) is 30.4 Å². The van der Waals surface area contributed by atoms with Gasteiger partial charge in [0.1, 0.15) is 0 Å². The highest BCUT2D eigenvalue weighted by atomic mass is 32.2. The number of hydrogen-bond donors (Lipinski definition) is 1. The monoisotopic (exact) mass is 316 g/mol. The first-order chi connectivity index (χ1) is 9.36. The van der Waals surface area contributed by atoms with Crippen molar-refractivity contribution in [3.8, 4) is 0 Å². The van der Waals surface area contributed by atoms with E-state index in [0.29, 0.717) is 18.0 Å². The Hall–Kier alpha value is -0.990. The first-order valence-corrected chi connectivity index (χ1v) is 8.78. The van der Waals surface area contributed by atoms with Crippen LogP contribution in [0.15, 0.2) is 10.4 Å². The zero-order valence-corrected chi connectivity index (χ0v) is 12.7. The predicted molar refractivity (Wildman–Crippen MR) is 73.0 cm³/mol. The van der Waals surface area contributed by atoms with Gasteiger partial charge in [0, 0.05) is 13.1 Å². The molecule has 1 aromatic heterocycles. The maximum absolute atomic E-state index is 12.5. The van der Waals surface area contributed by atoms with Gasteiger partial charge in [-0.3, -0.25) is 4.79 Å². The summed E-state index contributed by atoms with van der Waals surface area (Å²) in [5.74, 6) is -0.929. The molecule has 1 aliphatic heterocycles. The van der Waals surface area contributed by atoms with Crippen molar-refractivity contribution in [3.63, 3.8) is 0 Å². The van der Waals surface area contributed by atoms with Crippen molar-refractivity contribution >= 4 is 27.3 Å². The standard InChI is InChI=1S/C12H16N2O4S2/c1-8-13-5-10(19-8)20(17,18)14-6-9-3-2-4-12(9,7-14)11(15)16/h5,9H,2-4,6-7H2,1H3,(H,15,16)/t9-,12+/m0/s1. The molecule has 6 nitrogen and oxygen atoms in total. The van der Waals surface area contributed by atoms with E-state index in [1.165, 1.54) is 10.5 Å². The normalized spacial score (nSPS) is 30.6. The summed E-state index contributed by atoms with van der Waals surface area (Å²) in [6.45, 7) is 2.15. The summed E-state index contributed by atoms with van der Waals surface area (Å²) in [5.41, 5.74) is -0.882. The minimum atomic E-state index is -3.61. The van der Waals surface area contributed by atoms with Crippen LogP contribution in [0.1, 0.15) is 24.3 Å². The lowest BCUT2D eigenvalue weighted by atomic mass is 9.81. The molecule has 1 aliphatic carbocycles. The average molecular weight is 316 g/mol. The van der Waals surface area contributed by atoms with E-state index in [1.807, 2.05) is 0 Å². The topological polar surface area (TPSA) is 87.6 Å². The second-order valence-corrected chi connectivity index (χ2v) is 8.95. The molecule has 1 N–H and O–H groups in total. The average Bonchev–Trinajstić information content (AvgIpc) is 3.00. The zero-order chi connectivity index (χ0) is 14.5. The number of aliphatic carboxylic acids is 1. The SMILES string of the molecule is Cc1ncc(S(=O)(=O)N2C[C@@H]3CCC[C@@]3(C(=O)O)C2)s1. The molecule has 2 aliphatic rings. The largest absolute Gasteiger partial charge is 0.481 e. The summed E-state index contributed by atoms with van der Waals surface area (Å²) in [6.07, 6.45) is 3.59. The van der Waals surface area contributed by atoms with Crippen LogP contribution in [0.5, 0.6) is 0 Å². The van der Waals surface area contributed by atoms with Crippen molar-refractivity contribution < 1.29 is 18.3 Å². The number of carboxylic acid groups (broad SMARTS) is 1. The number of hydrogen-bond acceptors (Lipinski definition) is 5. The molecule has 20 heavy (non-hydrogen) atoms. The number of carbonyl (C=O) groups is 1. The second-order valence-electron chi connectivity index (χ2n) is 5.55. The highest BCUT2D eigenvalue weighted by molar-refractivity contribution is 7.91. The summed E-state index contributed by atoms with van der Waals surface area (Å²) in [6, 6.07) is 0. The number of sulfonamides is 1. The van der Waals surface area contributed by atoms with E-state index in [2.05, 4.69) is 4.98 Å². The van der Waals surface area contributed by atoms with Crippen LogP contribution >= 0.6 is 11.3 Å². The molecule has 0 spiro atoms. The van der Waals surface area contributed by atoms with Crippen molar-refractivity contribution in [2.75, 3.05) is 13.1 Å². The fraction of sp³-hybridized carbons (Fsp3) is 0.667. The van der Waals surface area contributed by atoms with Gasteiger partial charge in [-0.05, 0) is 25.7 Å². The van der Waals surface area contributed by atoms with Crippen LogP contribution in [0, 0.1) is 18.3 Å². The smallest absolute Gasteiger partial charge is 0.311 e. The summed E-state index contributed by atoms with van der Waals surface area (Å²) < 4.78 is 26.6. The Morgan fingerprint density at radius 3 is 2.90 bits per heavy atom. The molecule has 0 unspecified atom stereocenters. The molecule has 1 saturated heterocycles. The number of aryl methyl sites for hydroxylation is 1.